The minimum atomic E-state index is 0. The Morgan fingerprint density at radius 2 is 1.33 bits per heavy atom. The number of rotatable bonds is 2. The summed E-state index contributed by atoms with van der Waals surface area (Å²) in [6.45, 7) is 4.42. The van der Waals surface area contributed by atoms with Gasteiger partial charge in [0.05, 0.1) is 0 Å². The van der Waals surface area contributed by atoms with E-state index in [0.29, 0.717) is 0 Å². The van der Waals surface area contributed by atoms with Crippen molar-refractivity contribution in [1.82, 2.24) is 0 Å². The second-order valence-corrected chi connectivity index (χ2v) is 1.35. The van der Waals surface area contributed by atoms with Gasteiger partial charge in [0.25, 0.3) is 0 Å². The van der Waals surface area contributed by atoms with Crippen LogP contribution in [0.3, 0.4) is 0 Å². The molecule has 0 aromatic rings. The minimum Gasteiger partial charge on any atom is -0.0654 e. The van der Waals surface area contributed by atoms with Crippen LogP contribution in [-0.4, -0.2) is 0 Å². The predicted octanol–water partition coefficient (Wildman–Crippen LogP) is 2.19. The van der Waals surface area contributed by atoms with Gasteiger partial charge in [0.1, 0.15) is 0 Å². The summed E-state index contributed by atoms with van der Waals surface area (Å²) in [5.41, 5.74) is 0. The zero-order valence-corrected chi connectivity index (χ0v) is 6.59. The van der Waals surface area contributed by atoms with Crippen LogP contribution in [-0.2, 0) is 22.4 Å². The summed E-state index contributed by atoms with van der Waals surface area (Å²) in [4.78, 5) is 0. The second kappa shape index (κ2) is 9.22. The van der Waals surface area contributed by atoms with Crippen LogP contribution in [0.25, 0.3) is 0 Å². The molecule has 0 aliphatic carbocycles. The van der Waals surface area contributed by atoms with Gasteiger partial charge in [0.2, 0.25) is 0 Å². The smallest absolute Gasteiger partial charge is 0 e. The van der Waals surface area contributed by atoms with Crippen molar-refractivity contribution in [2.24, 2.45) is 0 Å². The van der Waals surface area contributed by atoms with Crippen molar-refractivity contribution in [1.29, 1.82) is 0 Å². The van der Waals surface area contributed by atoms with Crippen LogP contribution in [0, 0.1) is 0 Å². The molecule has 0 aliphatic heterocycles. The summed E-state index contributed by atoms with van der Waals surface area (Å²) >= 11 is 0. The molecule has 0 atom stereocenters. The number of hydrogen-bond donors (Lipinski definition) is 0. The van der Waals surface area contributed by atoms with E-state index in [4.69, 9.17) is 0 Å². The molecule has 0 aliphatic rings. The van der Waals surface area contributed by atoms with Crippen molar-refractivity contribution in [3.8, 4) is 0 Å². The molecule has 1 heteroatoms. The maximum absolute atomic E-state index is 2.21. The monoisotopic (exact) mass is 269 g/mol. The standard InChI is InChI=1S/C5H12.Au/c1-3-5-4-2;/h3-5H2,1-2H3;. The van der Waals surface area contributed by atoms with Gasteiger partial charge in [0.15, 0.2) is 0 Å². The third-order valence-electron chi connectivity index (χ3n) is 0.707. The van der Waals surface area contributed by atoms with Crippen LogP contribution in [0.5, 0.6) is 0 Å². The molecule has 0 N–H and O–H groups in total. The molecule has 6 heavy (non-hydrogen) atoms. The van der Waals surface area contributed by atoms with Crippen LogP contribution >= 0.6 is 0 Å². The Bertz CT molecular complexity index is 11.4. The van der Waals surface area contributed by atoms with Gasteiger partial charge >= 0.3 is 0 Å². The van der Waals surface area contributed by atoms with E-state index in [9.17, 15) is 0 Å². The van der Waals surface area contributed by atoms with Crippen molar-refractivity contribution in [2.45, 2.75) is 33.1 Å². The van der Waals surface area contributed by atoms with Crippen molar-refractivity contribution >= 4 is 0 Å². The topological polar surface area (TPSA) is 0 Å². The quantitative estimate of drug-likeness (QED) is 0.674. The van der Waals surface area contributed by atoms with Gasteiger partial charge in [-0.25, -0.2) is 0 Å². The molecule has 0 aromatic carbocycles. The van der Waals surface area contributed by atoms with E-state index < -0.39 is 0 Å². The molecule has 0 fully saturated rings. The molecule has 0 spiro atoms. The molecule has 1 radical (unpaired) electrons. The maximum atomic E-state index is 2.21. The first kappa shape index (κ1) is 9.88. The first-order valence-corrected chi connectivity index (χ1v) is 2.41. The maximum Gasteiger partial charge on any atom is 0 e. The van der Waals surface area contributed by atoms with Crippen LogP contribution < -0.4 is 0 Å². The summed E-state index contributed by atoms with van der Waals surface area (Å²) < 4.78 is 0. The van der Waals surface area contributed by atoms with Gasteiger partial charge in [0, 0.05) is 22.4 Å². The average Bonchev–Trinajstić information content (AvgIpc) is 1.41. The van der Waals surface area contributed by atoms with Crippen LogP contribution in [0.4, 0.5) is 0 Å². The van der Waals surface area contributed by atoms with E-state index in [-0.39, 0.29) is 22.4 Å². The van der Waals surface area contributed by atoms with Crippen molar-refractivity contribution in [3.63, 3.8) is 0 Å². The predicted molar refractivity (Wildman–Crippen MR) is 25.2 cm³/mol. The Morgan fingerprint density at radius 3 is 1.33 bits per heavy atom. The van der Waals surface area contributed by atoms with E-state index in [2.05, 4.69) is 13.8 Å². The molecule has 0 saturated carbocycles. The molecule has 0 amide bonds. The van der Waals surface area contributed by atoms with Crippen molar-refractivity contribution in [2.75, 3.05) is 0 Å². The molecule has 0 unspecified atom stereocenters. The Kier molecular flexibility index (Phi) is 15.2. The van der Waals surface area contributed by atoms with E-state index in [0.717, 1.165) is 0 Å². The Morgan fingerprint density at radius 1 is 1.00 bits per heavy atom. The van der Waals surface area contributed by atoms with Gasteiger partial charge in [-0.05, 0) is 0 Å². The third kappa shape index (κ3) is 8.83. The third-order valence-corrected chi connectivity index (χ3v) is 0.707. The van der Waals surface area contributed by atoms with Gasteiger partial charge in [-0.3, -0.25) is 0 Å². The first-order chi connectivity index (χ1) is 2.41. The van der Waals surface area contributed by atoms with Crippen LogP contribution in [0.15, 0.2) is 0 Å². The summed E-state index contributed by atoms with van der Waals surface area (Å²) in [5, 5.41) is 0. The Balaban J connectivity index is 0. The molecule has 0 heterocycles. The summed E-state index contributed by atoms with van der Waals surface area (Å²) in [5.74, 6) is 0. The Hall–Kier alpha value is 0.740. The SMILES string of the molecule is CCCCC.[Au]. The van der Waals surface area contributed by atoms with E-state index >= 15 is 0 Å². The summed E-state index contributed by atoms with van der Waals surface area (Å²) in [7, 11) is 0. The molecule has 0 saturated heterocycles. The minimum absolute atomic E-state index is 0. The molecule has 0 rings (SSSR count). The zero-order valence-electron chi connectivity index (χ0n) is 4.42. The summed E-state index contributed by atoms with van der Waals surface area (Å²) in [6.07, 6.45) is 4.08. The number of hydrogen-bond acceptors (Lipinski definition) is 0. The molecular weight excluding hydrogens is 257 g/mol. The van der Waals surface area contributed by atoms with E-state index in [1.54, 1.807) is 0 Å². The van der Waals surface area contributed by atoms with Gasteiger partial charge in [-0.1, -0.05) is 33.1 Å². The van der Waals surface area contributed by atoms with E-state index in [1.807, 2.05) is 0 Å². The van der Waals surface area contributed by atoms with Crippen molar-refractivity contribution in [3.05, 3.63) is 0 Å². The summed E-state index contributed by atoms with van der Waals surface area (Å²) in [6, 6.07) is 0. The number of unbranched alkanes of at least 4 members (excludes halogenated alkanes) is 2. The van der Waals surface area contributed by atoms with Crippen molar-refractivity contribution < 1.29 is 22.4 Å². The molecule has 0 aromatic heterocycles. The first-order valence-electron chi connectivity index (χ1n) is 2.41. The normalized spacial score (nSPS) is 7.00. The van der Waals surface area contributed by atoms with Gasteiger partial charge in [-0.2, -0.15) is 0 Å². The van der Waals surface area contributed by atoms with Gasteiger partial charge in [-0.15, -0.1) is 0 Å². The zero-order chi connectivity index (χ0) is 4.12. The fraction of sp³-hybridized carbons (Fsp3) is 1.00. The molecule has 43 valence electrons. The van der Waals surface area contributed by atoms with Crippen LogP contribution in [0.2, 0.25) is 0 Å². The molecule has 0 bridgehead atoms. The Labute approximate surface area is 55.8 Å². The second-order valence-electron chi connectivity index (χ2n) is 1.35. The molecule has 0 nitrogen and oxygen atoms in total. The average molecular weight is 269 g/mol. The molecular formula is C5H12Au. The van der Waals surface area contributed by atoms with Crippen LogP contribution in [0.1, 0.15) is 33.1 Å². The van der Waals surface area contributed by atoms with E-state index in [1.165, 1.54) is 19.3 Å². The fourth-order valence-electron chi connectivity index (χ4n) is 0.354. The fourth-order valence-corrected chi connectivity index (χ4v) is 0.354. The largest absolute Gasteiger partial charge is 0.0654 e. The van der Waals surface area contributed by atoms with Gasteiger partial charge < -0.3 is 0 Å².